The van der Waals surface area contributed by atoms with Gasteiger partial charge in [-0.3, -0.25) is 4.79 Å². The number of hydrogen-bond donors (Lipinski definition) is 2. The Morgan fingerprint density at radius 1 is 1.11 bits per heavy atom. The molecule has 2 N–H and O–H groups in total. The van der Waals surface area contributed by atoms with Gasteiger partial charge in [0.25, 0.3) is 0 Å². The van der Waals surface area contributed by atoms with Crippen LogP contribution in [0.15, 0.2) is 18.2 Å². The van der Waals surface area contributed by atoms with Crippen LogP contribution in [0.3, 0.4) is 0 Å². The number of carbonyl (C=O) groups excluding carboxylic acids is 1. The van der Waals surface area contributed by atoms with E-state index in [4.69, 9.17) is 0 Å². The van der Waals surface area contributed by atoms with Crippen LogP contribution in [0.2, 0.25) is 0 Å². The summed E-state index contributed by atoms with van der Waals surface area (Å²) in [7, 11) is 0. The van der Waals surface area contributed by atoms with Crippen LogP contribution >= 0.6 is 0 Å². The monoisotopic (exact) mass is 371 g/mol. The Kier molecular flexibility index (Phi) is 6.46. The van der Waals surface area contributed by atoms with Crippen molar-refractivity contribution in [3.63, 3.8) is 0 Å². The second-order valence-electron chi connectivity index (χ2n) is 9.49. The molecule has 2 unspecified atom stereocenters. The molecule has 150 valence electrons. The Labute approximate surface area is 165 Å². The third-order valence-corrected chi connectivity index (χ3v) is 6.36. The highest BCUT2D eigenvalue weighted by Gasteiger charge is 2.33. The van der Waals surface area contributed by atoms with Gasteiger partial charge in [-0.15, -0.1) is 0 Å². The summed E-state index contributed by atoms with van der Waals surface area (Å²) >= 11 is 0. The molecule has 0 spiro atoms. The zero-order chi connectivity index (χ0) is 19.4. The van der Waals surface area contributed by atoms with Crippen LogP contribution in [-0.4, -0.2) is 31.6 Å². The number of benzene rings is 1. The van der Waals surface area contributed by atoms with Crippen molar-refractivity contribution in [1.29, 1.82) is 0 Å². The molecule has 2 atom stereocenters. The van der Waals surface area contributed by atoms with Crippen molar-refractivity contribution in [3.05, 3.63) is 23.8 Å². The predicted octanol–water partition coefficient (Wildman–Crippen LogP) is 4.73. The zero-order valence-corrected chi connectivity index (χ0v) is 17.6. The number of anilines is 2. The van der Waals surface area contributed by atoms with Gasteiger partial charge in [0, 0.05) is 30.5 Å². The number of carbonyl (C=O) groups is 1. The number of rotatable bonds is 5. The van der Waals surface area contributed by atoms with E-state index in [1.54, 1.807) is 0 Å². The van der Waals surface area contributed by atoms with E-state index in [-0.39, 0.29) is 11.3 Å². The van der Waals surface area contributed by atoms with Gasteiger partial charge in [-0.1, -0.05) is 33.6 Å². The second kappa shape index (κ2) is 8.64. The van der Waals surface area contributed by atoms with Crippen molar-refractivity contribution in [3.8, 4) is 0 Å². The first kappa shape index (κ1) is 20.2. The standard InChI is InChI=1S/C23H37N3O/c1-17-15-18(26-13-7-8-14-26)11-12-20(17)25-22(27)16-24-21-10-6-5-9-19(21)23(2,3)4/h11-12,15,19,21,24H,5-10,13-14,16H2,1-4H3,(H,25,27). The van der Waals surface area contributed by atoms with E-state index in [1.165, 1.54) is 44.2 Å². The largest absolute Gasteiger partial charge is 0.372 e. The predicted molar refractivity (Wildman–Crippen MR) is 114 cm³/mol. The zero-order valence-electron chi connectivity index (χ0n) is 17.6. The highest BCUT2D eigenvalue weighted by molar-refractivity contribution is 5.93. The van der Waals surface area contributed by atoms with E-state index < -0.39 is 0 Å². The smallest absolute Gasteiger partial charge is 0.238 e. The normalized spacial score (nSPS) is 23.5. The molecule has 1 aromatic carbocycles. The Morgan fingerprint density at radius 2 is 1.81 bits per heavy atom. The topological polar surface area (TPSA) is 44.4 Å². The fraction of sp³-hybridized carbons (Fsp3) is 0.696. The second-order valence-corrected chi connectivity index (χ2v) is 9.49. The van der Waals surface area contributed by atoms with Crippen molar-refractivity contribution in [2.45, 2.75) is 72.3 Å². The van der Waals surface area contributed by atoms with Crippen molar-refractivity contribution < 1.29 is 4.79 Å². The van der Waals surface area contributed by atoms with E-state index in [0.29, 0.717) is 18.5 Å². The minimum atomic E-state index is 0.0604. The first-order valence-corrected chi connectivity index (χ1v) is 10.7. The van der Waals surface area contributed by atoms with Gasteiger partial charge < -0.3 is 15.5 Å². The molecule has 1 saturated carbocycles. The van der Waals surface area contributed by atoms with Gasteiger partial charge in [-0.05, 0) is 67.7 Å². The minimum Gasteiger partial charge on any atom is -0.372 e. The molecular weight excluding hydrogens is 334 g/mol. The van der Waals surface area contributed by atoms with E-state index in [0.717, 1.165) is 24.3 Å². The number of nitrogens with zero attached hydrogens (tertiary/aromatic N) is 1. The van der Waals surface area contributed by atoms with E-state index in [9.17, 15) is 4.79 Å². The van der Waals surface area contributed by atoms with Gasteiger partial charge >= 0.3 is 0 Å². The van der Waals surface area contributed by atoms with Gasteiger partial charge in [0.2, 0.25) is 5.91 Å². The fourth-order valence-electron chi connectivity index (χ4n) is 4.79. The van der Waals surface area contributed by atoms with Crippen molar-refractivity contribution in [2.75, 3.05) is 29.9 Å². The minimum absolute atomic E-state index is 0.0604. The quantitative estimate of drug-likeness (QED) is 0.786. The van der Waals surface area contributed by atoms with Crippen LogP contribution in [0.1, 0.15) is 64.9 Å². The third kappa shape index (κ3) is 5.25. The lowest BCUT2D eigenvalue weighted by molar-refractivity contribution is -0.115. The molecule has 2 aliphatic rings. The summed E-state index contributed by atoms with van der Waals surface area (Å²) in [5, 5.41) is 6.65. The molecule has 0 radical (unpaired) electrons. The van der Waals surface area contributed by atoms with Gasteiger partial charge in [0.15, 0.2) is 0 Å². The van der Waals surface area contributed by atoms with Crippen LogP contribution in [0.4, 0.5) is 11.4 Å². The molecule has 2 fully saturated rings. The molecular formula is C23H37N3O. The molecule has 1 saturated heterocycles. The van der Waals surface area contributed by atoms with E-state index in [1.807, 2.05) is 0 Å². The molecule has 1 aliphatic heterocycles. The first-order valence-electron chi connectivity index (χ1n) is 10.7. The molecule has 1 aromatic rings. The van der Waals surface area contributed by atoms with Crippen LogP contribution in [0.5, 0.6) is 0 Å². The van der Waals surface area contributed by atoms with E-state index >= 15 is 0 Å². The Morgan fingerprint density at radius 3 is 2.48 bits per heavy atom. The van der Waals surface area contributed by atoms with Crippen LogP contribution in [0.25, 0.3) is 0 Å². The molecule has 1 amide bonds. The van der Waals surface area contributed by atoms with Crippen molar-refractivity contribution in [2.24, 2.45) is 11.3 Å². The summed E-state index contributed by atoms with van der Waals surface area (Å²) in [6, 6.07) is 6.84. The Bertz CT molecular complexity index is 644. The van der Waals surface area contributed by atoms with E-state index in [2.05, 4.69) is 61.4 Å². The van der Waals surface area contributed by atoms with Gasteiger partial charge in [-0.25, -0.2) is 0 Å². The first-order chi connectivity index (χ1) is 12.8. The molecule has 1 heterocycles. The Balaban J connectivity index is 1.54. The fourth-order valence-corrected chi connectivity index (χ4v) is 4.79. The van der Waals surface area contributed by atoms with Crippen LogP contribution in [0, 0.1) is 18.3 Å². The molecule has 1 aliphatic carbocycles. The average Bonchev–Trinajstić information content (AvgIpc) is 3.16. The highest BCUT2D eigenvalue weighted by atomic mass is 16.1. The third-order valence-electron chi connectivity index (χ3n) is 6.36. The van der Waals surface area contributed by atoms with Crippen LogP contribution < -0.4 is 15.5 Å². The number of aryl methyl sites for hydroxylation is 1. The molecule has 4 heteroatoms. The number of amides is 1. The molecule has 0 aromatic heterocycles. The maximum atomic E-state index is 12.5. The van der Waals surface area contributed by atoms with Gasteiger partial charge in [-0.2, -0.15) is 0 Å². The number of nitrogens with one attached hydrogen (secondary N) is 2. The average molecular weight is 372 g/mol. The summed E-state index contributed by atoms with van der Waals surface area (Å²) in [5.74, 6) is 0.700. The summed E-state index contributed by atoms with van der Waals surface area (Å²) in [5.41, 5.74) is 3.63. The molecule has 3 rings (SSSR count). The summed E-state index contributed by atoms with van der Waals surface area (Å²) < 4.78 is 0. The summed E-state index contributed by atoms with van der Waals surface area (Å²) in [6.07, 6.45) is 7.58. The van der Waals surface area contributed by atoms with Crippen molar-refractivity contribution in [1.82, 2.24) is 5.32 Å². The van der Waals surface area contributed by atoms with Gasteiger partial charge in [0.05, 0.1) is 6.54 Å². The lowest BCUT2D eigenvalue weighted by Gasteiger charge is -2.40. The van der Waals surface area contributed by atoms with Crippen molar-refractivity contribution >= 4 is 17.3 Å². The highest BCUT2D eigenvalue weighted by Crippen LogP contribution is 2.37. The lowest BCUT2D eigenvalue weighted by atomic mass is 9.69. The summed E-state index contributed by atoms with van der Waals surface area (Å²) in [4.78, 5) is 14.9. The molecule has 4 nitrogen and oxygen atoms in total. The summed E-state index contributed by atoms with van der Waals surface area (Å²) in [6.45, 7) is 11.7. The maximum Gasteiger partial charge on any atom is 0.238 e. The van der Waals surface area contributed by atoms with Gasteiger partial charge in [0.1, 0.15) is 0 Å². The van der Waals surface area contributed by atoms with Crippen LogP contribution in [-0.2, 0) is 4.79 Å². The SMILES string of the molecule is Cc1cc(N2CCCC2)ccc1NC(=O)CNC1CCCCC1C(C)(C)C. The maximum absolute atomic E-state index is 12.5. The Hall–Kier alpha value is -1.55. The lowest BCUT2D eigenvalue weighted by Crippen LogP contribution is -2.46. The number of hydrogen-bond acceptors (Lipinski definition) is 3. The molecule has 27 heavy (non-hydrogen) atoms. The molecule has 0 bridgehead atoms.